The number of amides is 1. The monoisotopic (exact) mass is 397 g/mol. The number of hydrogen-bond donors (Lipinski definition) is 3. The molecule has 1 aliphatic rings. The summed E-state index contributed by atoms with van der Waals surface area (Å²) in [6.07, 6.45) is 5.77. The normalized spacial score (nSPS) is 14.9. The van der Waals surface area contributed by atoms with Gasteiger partial charge in [0.05, 0.1) is 11.4 Å². The molecule has 1 aliphatic carbocycles. The van der Waals surface area contributed by atoms with Crippen LogP contribution in [0.25, 0.3) is 22.8 Å². The van der Waals surface area contributed by atoms with Gasteiger partial charge < -0.3 is 11.2 Å². The van der Waals surface area contributed by atoms with E-state index in [0.29, 0.717) is 22.7 Å². The molecule has 3 aromatic rings. The van der Waals surface area contributed by atoms with Crippen LogP contribution in [0.3, 0.4) is 0 Å². The van der Waals surface area contributed by atoms with Crippen LogP contribution in [0, 0.1) is 0 Å². The lowest BCUT2D eigenvalue weighted by molar-refractivity contribution is -0.119. The number of nitrogens with two attached hydrogens (primary N) is 1. The highest BCUT2D eigenvalue weighted by Crippen LogP contribution is 2.24. The van der Waals surface area contributed by atoms with Crippen LogP contribution < -0.4 is 11.2 Å². The highest BCUT2D eigenvalue weighted by atomic mass is 32.2. The molecule has 4 N–H and O–H groups in total. The quantitative estimate of drug-likeness (QED) is 0.435. The van der Waals surface area contributed by atoms with E-state index in [1.807, 2.05) is 36.4 Å². The van der Waals surface area contributed by atoms with Gasteiger partial charge in [-0.2, -0.15) is 5.10 Å². The summed E-state index contributed by atoms with van der Waals surface area (Å²) in [7, 11) is 0. The molecule has 0 atom stereocenters. The second-order valence-electron chi connectivity index (χ2n) is 6.90. The molecule has 9 heteroatoms. The zero-order chi connectivity index (χ0) is 19.3. The summed E-state index contributed by atoms with van der Waals surface area (Å²) in [5, 5.41) is 19.1. The van der Waals surface area contributed by atoms with Gasteiger partial charge in [-0.3, -0.25) is 9.89 Å². The fourth-order valence-electron chi connectivity index (χ4n) is 3.40. The van der Waals surface area contributed by atoms with E-state index in [2.05, 4.69) is 25.7 Å². The van der Waals surface area contributed by atoms with Crippen molar-refractivity contribution in [1.29, 1.82) is 0 Å². The van der Waals surface area contributed by atoms with Gasteiger partial charge in [0.2, 0.25) is 16.9 Å². The number of nitrogen functional groups attached to an aromatic ring is 1. The van der Waals surface area contributed by atoms with Gasteiger partial charge in [-0.1, -0.05) is 61.4 Å². The lowest BCUT2D eigenvalue weighted by atomic mass is 9.95. The predicted molar refractivity (Wildman–Crippen MR) is 109 cm³/mol. The molecule has 0 unspecified atom stereocenters. The van der Waals surface area contributed by atoms with E-state index < -0.39 is 0 Å². The van der Waals surface area contributed by atoms with E-state index in [1.54, 1.807) is 0 Å². The molecule has 146 valence electrons. The Morgan fingerprint density at radius 2 is 2.00 bits per heavy atom. The number of rotatable bonds is 6. The van der Waals surface area contributed by atoms with Crippen molar-refractivity contribution >= 4 is 17.7 Å². The summed E-state index contributed by atoms with van der Waals surface area (Å²) in [5.74, 6) is 6.90. The second kappa shape index (κ2) is 8.47. The minimum absolute atomic E-state index is 0.00866. The molecule has 2 aromatic heterocycles. The summed E-state index contributed by atoms with van der Waals surface area (Å²) < 4.78 is 1.39. The van der Waals surface area contributed by atoms with Gasteiger partial charge in [0.15, 0.2) is 0 Å². The van der Waals surface area contributed by atoms with Crippen molar-refractivity contribution in [2.24, 2.45) is 0 Å². The molecular weight excluding hydrogens is 374 g/mol. The number of carbonyl (C=O) groups is 1. The summed E-state index contributed by atoms with van der Waals surface area (Å²) in [6, 6.07) is 12.0. The van der Waals surface area contributed by atoms with Gasteiger partial charge in [-0.25, -0.2) is 4.68 Å². The Bertz CT molecular complexity index is 931. The van der Waals surface area contributed by atoms with E-state index in [-0.39, 0.29) is 11.7 Å². The molecular formula is C19H23N7OS. The lowest BCUT2D eigenvalue weighted by Crippen LogP contribution is -2.37. The van der Waals surface area contributed by atoms with Gasteiger partial charge in [0, 0.05) is 11.6 Å². The van der Waals surface area contributed by atoms with Crippen LogP contribution in [0.1, 0.15) is 32.1 Å². The molecule has 8 nitrogen and oxygen atoms in total. The van der Waals surface area contributed by atoms with Crippen molar-refractivity contribution in [3.8, 4) is 22.8 Å². The Balaban J connectivity index is 1.39. The standard InChI is InChI=1S/C19H23N7OS/c20-26-18(16-11-15(22-23-16)13-7-3-1-4-8-13)24-25-19(26)28-12-17(27)21-14-9-5-2-6-10-14/h1,3-4,7-8,11,14H,2,5-6,9-10,12,20H2,(H,21,27)(H,22,23). The zero-order valence-corrected chi connectivity index (χ0v) is 16.3. The van der Waals surface area contributed by atoms with E-state index in [9.17, 15) is 4.79 Å². The number of benzene rings is 1. The van der Waals surface area contributed by atoms with Crippen LogP contribution in [-0.2, 0) is 4.79 Å². The average Bonchev–Trinajstić information content (AvgIpc) is 3.35. The van der Waals surface area contributed by atoms with E-state index in [4.69, 9.17) is 5.84 Å². The molecule has 0 bridgehead atoms. The van der Waals surface area contributed by atoms with Crippen molar-refractivity contribution < 1.29 is 4.79 Å². The minimum atomic E-state index is 0.00866. The highest BCUT2D eigenvalue weighted by Gasteiger charge is 2.18. The molecule has 0 radical (unpaired) electrons. The fraction of sp³-hybridized carbons (Fsp3) is 0.368. The maximum atomic E-state index is 12.2. The van der Waals surface area contributed by atoms with Gasteiger partial charge in [-0.15, -0.1) is 10.2 Å². The topological polar surface area (TPSA) is 115 Å². The molecule has 1 fully saturated rings. The van der Waals surface area contributed by atoms with Crippen molar-refractivity contribution in [2.45, 2.75) is 43.3 Å². The minimum Gasteiger partial charge on any atom is -0.353 e. The Hall–Kier alpha value is -2.81. The maximum absolute atomic E-state index is 12.2. The van der Waals surface area contributed by atoms with E-state index in [0.717, 1.165) is 24.1 Å². The number of hydrogen-bond acceptors (Lipinski definition) is 6. The molecule has 28 heavy (non-hydrogen) atoms. The van der Waals surface area contributed by atoms with Crippen LogP contribution in [0.2, 0.25) is 0 Å². The van der Waals surface area contributed by atoms with Crippen LogP contribution in [0.15, 0.2) is 41.6 Å². The predicted octanol–water partition coefficient (Wildman–Crippen LogP) is 2.59. The molecule has 0 aliphatic heterocycles. The number of thioether (sulfide) groups is 1. The van der Waals surface area contributed by atoms with Crippen molar-refractivity contribution in [2.75, 3.05) is 11.6 Å². The molecule has 0 saturated heterocycles. The second-order valence-corrected chi connectivity index (χ2v) is 7.84. The van der Waals surface area contributed by atoms with Gasteiger partial charge >= 0.3 is 0 Å². The first-order chi connectivity index (χ1) is 13.7. The third-order valence-electron chi connectivity index (χ3n) is 4.86. The molecule has 2 heterocycles. The molecule has 1 aromatic carbocycles. The van der Waals surface area contributed by atoms with Gasteiger partial charge in [0.1, 0.15) is 5.69 Å². The SMILES string of the molecule is Nn1c(SCC(=O)NC2CCCCC2)nnc1-c1cc(-c2ccccc2)n[nH]1. The number of nitrogens with one attached hydrogen (secondary N) is 2. The first-order valence-electron chi connectivity index (χ1n) is 9.44. The van der Waals surface area contributed by atoms with Crippen molar-refractivity contribution in [1.82, 2.24) is 30.4 Å². The van der Waals surface area contributed by atoms with Crippen LogP contribution in [0.4, 0.5) is 0 Å². The van der Waals surface area contributed by atoms with Gasteiger partial charge in [0.25, 0.3) is 0 Å². The zero-order valence-electron chi connectivity index (χ0n) is 15.5. The van der Waals surface area contributed by atoms with Gasteiger partial charge in [-0.05, 0) is 18.9 Å². The molecule has 1 saturated carbocycles. The summed E-state index contributed by atoms with van der Waals surface area (Å²) >= 11 is 1.28. The largest absolute Gasteiger partial charge is 0.353 e. The van der Waals surface area contributed by atoms with Crippen LogP contribution >= 0.6 is 11.8 Å². The Morgan fingerprint density at radius 1 is 1.21 bits per heavy atom. The van der Waals surface area contributed by atoms with Crippen molar-refractivity contribution in [3.63, 3.8) is 0 Å². The number of H-pyrrole nitrogens is 1. The van der Waals surface area contributed by atoms with E-state index >= 15 is 0 Å². The Labute approximate surface area is 167 Å². The van der Waals surface area contributed by atoms with Crippen molar-refractivity contribution in [3.05, 3.63) is 36.4 Å². The number of aromatic nitrogens is 5. The summed E-state index contributed by atoms with van der Waals surface area (Å²) in [5.41, 5.74) is 2.48. The first-order valence-corrected chi connectivity index (χ1v) is 10.4. The molecule has 1 amide bonds. The summed E-state index contributed by atoms with van der Waals surface area (Å²) in [6.45, 7) is 0. The third-order valence-corrected chi connectivity index (χ3v) is 5.80. The molecule has 4 rings (SSSR count). The first kappa shape index (κ1) is 18.5. The highest BCUT2D eigenvalue weighted by molar-refractivity contribution is 7.99. The Kier molecular flexibility index (Phi) is 5.61. The lowest BCUT2D eigenvalue weighted by Gasteiger charge is -2.22. The maximum Gasteiger partial charge on any atom is 0.230 e. The average molecular weight is 398 g/mol. The number of carbonyl (C=O) groups excluding carboxylic acids is 1. The smallest absolute Gasteiger partial charge is 0.230 e. The molecule has 0 spiro atoms. The number of aromatic amines is 1. The Morgan fingerprint density at radius 3 is 2.79 bits per heavy atom. The number of nitrogens with zero attached hydrogens (tertiary/aromatic N) is 4. The van der Waals surface area contributed by atoms with Crippen LogP contribution in [-0.4, -0.2) is 42.8 Å². The summed E-state index contributed by atoms with van der Waals surface area (Å²) in [4.78, 5) is 12.2. The van der Waals surface area contributed by atoms with Crippen LogP contribution in [0.5, 0.6) is 0 Å². The third kappa shape index (κ3) is 4.19. The van der Waals surface area contributed by atoms with E-state index in [1.165, 1.54) is 35.7 Å². The fourth-order valence-corrected chi connectivity index (χ4v) is 4.07.